The van der Waals surface area contributed by atoms with Crippen LogP contribution < -0.4 is 11.1 Å². The van der Waals surface area contributed by atoms with Crippen LogP contribution in [0.3, 0.4) is 0 Å². The van der Waals surface area contributed by atoms with Crippen LogP contribution in [0.25, 0.3) is 0 Å². The summed E-state index contributed by atoms with van der Waals surface area (Å²) >= 11 is 0. The molecule has 0 saturated heterocycles. The maximum atomic E-state index is 12.0. The Morgan fingerprint density at radius 3 is 2.82 bits per heavy atom. The molecule has 0 spiro atoms. The second-order valence-corrected chi connectivity index (χ2v) is 5.42. The molecule has 92 valence electrons. The molecule has 3 nitrogen and oxygen atoms in total. The van der Waals surface area contributed by atoms with E-state index >= 15 is 0 Å². The normalized spacial score (nSPS) is 18.5. The van der Waals surface area contributed by atoms with Crippen molar-refractivity contribution in [3.05, 3.63) is 29.8 Å². The van der Waals surface area contributed by atoms with Gasteiger partial charge < -0.3 is 11.1 Å². The van der Waals surface area contributed by atoms with Gasteiger partial charge in [0.25, 0.3) is 0 Å². The number of benzene rings is 1. The third kappa shape index (κ3) is 2.99. The van der Waals surface area contributed by atoms with Crippen molar-refractivity contribution in [2.24, 2.45) is 5.41 Å². The minimum absolute atomic E-state index is 0.0868. The molecule has 1 fully saturated rings. The Morgan fingerprint density at radius 1 is 1.53 bits per heavy atom. The van der Waals surface area contributed by atoms with Gasteiger partial charge in [0.2, 0.25) is 5.91 Å². The fraction of sp³-hybridized carbons (Fsp3) is 0.500. The van der Waals surface area contributed by atoms with Crippen molar-refractivity contribution in [1.82, 2.24) is 5.32 Å². The zero-order chi connectivity index (χ0) is 12.5. The lowest BCUT2D eigenvalue weighted by atomic mass is 9.99. The molecular formula is C14H20N2O. The van der Waals surface area contributed by atoms with E-state index in [4.69, 9.17) is 5.73 Å². The minimum atomic E-state index is -0.138. The van der Waals surface area contributed by atoms with E-state index in [1.165, 1.54) is 12.8 Å². The number of nitrogens with one attached hydrogen (secondary N) is 1. The van der Waals surface area contributed by atoms with E-state index in [9.17, 15) is 4.79 Å². The summed E-state index contributed by atoms with van der Waals surface area (Å²) in [5.41, 5.74) is 7.75. The molecule has 0 bridgehead atoms. The molecule has 0 heterocycles. The highest BCUT2D eigenvalue weighted by Crippen LogP contribution is 2.44. The number of carbonyl (C=O) groups is 1. The van der Waals surface area contributed by atoms with Crippen LogP contribution in [0.15, 0.2) is 24.3 Å². The van der Waals surface area contributed by atoms with Gasteiger partial charge in [0.15, 0.2) is 0 Å². The van der Waals surface area contributed by atoms with E-state index in [0.717, 1.165) is 12.1 Å². The first-order valence-electron chi connectivity index (χ1n) is 6.13. The molecule has 1 unspecified atom stereocenters. The highest BCUT2D eigenvalue weighted by Gasteiger charge is 2.37. The zero-order valence-electron chi connectivity index (χ0n) is 10.5. The molecule has 3 N–H and O–H groups in total. The van der Waals surface area contributed by atoms with Gasteiger partial charge in [-0.2, -0.15) is 0 Å². The maximum Gasteiger partial charge on any atom is 0.227 e. The standard InChI is InChI=1S/C14H20N2O/c1-10(11-4-3-5-12(15)8-11)13(17)16-9-14(2)6-7-14/h3-5,8,10H,6-7,9,15H2,1-2H3,(H,16,17). The third-order valence-electron chi connectivity index (χ3n) is 3.60. The monoisotopic (exact) mass is 232 g/mol. The van der Waals surface area contributed by atoms with Crippen LogP contribution in [-0.4, -0.2) is 12.5 Å². The number of rotatable bonds is 4. The molecule has 3 heteroatoms. The highest BCUT2D eigenvalue weighted by atomic mass is 16.1. The van der Waals surface area contributed by atoms with E-state index in [-0.39, 0.29) is 11.8 Å². The molecule has 0 aromatic heterocycles. The number of amides is 1. The quantitative estimate of drug-likeness (QED) is 0.782. The predicted octanol–water partition coefficient (Wildman–Crippen LogP) is 2.29. The van der Waals surface area contributed by atoms with Crippen molar-refractivity contribution in [3.8, 4) is 0 Å². The first kappa shape index (κ1) is 12.0. The molecule has 1 aromatic carbocycles. The van der Waals surface area contributed by atoms with Crippen LogP contribution in [0.1, 0.15) is 38.2 Å². The Morgan fingerprint density at radius 2 is 2.24 bits per heavy atom. The summed E-state index contributed by atoms with van der Waals surface area (Å²) in [6.45, 7) is 4.91. The Balaban J connectivity index is 1.94. The van der Waals surface area contributed by atoms with Crippen LogP contribution in [0, 0.1) is 5.41 Å². The Kier molecular flexibility index (Phi) is 3.09. The molecule has 1 atom stereocenters. The Hall–Kier alpha value is -1.51. The summed E-state index contributed by atoms with van der Waals surface area (Å²) < 4.78 is 0. The van der Waals surface area contributed by atoms with Crippen molar-refractivity contribution >= 4 is 11.6 Å². The molecule has 2 rings (SSSR count). The summed E-state index contributed by atoms with van der Waals surface area (Å²) in [6.07, 6.45) is 2.44. The summed E-state index contributed by atoms with van der Waals surface area (Å²) in [4.78, 5) is 12.0. The van der Waals surface area contributed by atoms with Crippen LogP contribution >= 0.6 is 0 Å². The summed E-state index contributed by atoms with van der Waals surface area (Å²) in [6, 6.07) is 7.53. The van der Waals surface area contributed by atoms with Crippen molar-refractivity contribution in [1.29, 1.82) is 0 Å². The molecule has 0 radical (unpaired) electrons. The topological polar surface area (TPSA) is 55.1 Å². The van der Waals surface area contributed by atoms with Gasteiger partial charge in [-0.05, 0) is 42.9 Å². The van der Waals surface area contributed by atoms with Crippen molar-refractivity contribution < 1.29 is 4.79 Å². The fourth-order valence-corrected chi connectivity index (χ4v) is 1.82. The molecule has 17 heavy (non-hydrogen) atoms. The molecule has 0 aliphatic heterocycles. The first-order valence-corrected chi connectivity index (χ1v) is 6.13. The first-order chi connectivity index (χ1) is 8.00. The van der Waals surface area contributed by atoms with Gasteiger partial charge in [-0.25, -0.2) is 0 Å². The maximum absolute atomic E-state index is 12.0. The van der Waals surface area contributed by atoms with Crippen molar-refractivity contribution in [2.45, 2.75) is 32.6 Å². The summed E-state index contributed by atoms with van der Waals surface area (Å²) in [5, 5.41) is 3.02. The van der Waals surface area contributed by atoms with Crippen LogP contribution in [0.2, 0.25) is 0 Å². The number of hydrogen-bond acceptors (Lipinski definition) is 2. The number of anilines is 1. The minimum Gasteiger partial charge on any atom is -0.399 e. The van der Waals surface area contributed by atoms with Gasteiger partial charge in [-0.1, -0.05) is 19.1 Å². The lowest BCUT2D eigenvalue weighted by Crippen LogP contribution is -2.32. The van der Waals surface area contributed by atoms with Gasteiger partial charge in [0.1, 0.15) is 0 Å². The lowest BCUT2D eigenvalue weighted by molar-refractivity contribution is -0.122. The Bertz CT molecular complexity index is 424. The molecule has 1 aromatic rings. The second-order valence-electron chi connectivity index (χ2n) is 5.42. The van der Waals surface area contributed by atoms with Gasteiger partial charge in [0.05, 0.1) is 5.92 Å². The molecule has 1 saturated carbocycles. The highest BCUT2D eigenvalue weighted by molar-refractivity contribution is 5.83. The van der Waals surface area contributed by atoms with Gasteiger partial charge in [0, 0.05) is 12.2 Å². The molecule has 1 aliphatic rings. The predicted molar refractivity (Wildman–Crippen MR) is 69.6 cm³/mol. The number of nitrogen functional groups attached to an aromatic ring is 1. The van der Waals surface area contributed by atoms with Crippen LogP contribution in [-0.2, 0) is 4.79 Å². The van der Waals surface area contributed by atoms with Gasteiger partial charge in [-0.15, -0.1) is 0 Å². The van der Waals surface area contributed by atoms with Crippen molar-refractivity contribution in [2.75, 3.05) is 12.3 Å². The molecule has 1 aliphatic carbocycles. The third-order valence-corrected chi connectivity index (χ3v) is 3.60. The lowest BCUT2D eigenvalue weighted by Gasteiger charge is -2.15. The largest absolute Gasteiger partial charge is 0.399 e. The zero-order valence-corrected chi connectivity index (χ0v) is 10.5. The molecular weight excluding hydrogens is 212 g/mol. The van der Waals surface area contributed by atoms with Crippen LogP contribution in [0.4, 0.5) is 5.69 Å². The van der Waals surface area contributed by atoms with E-state index in [0.29, 0.717) is 11.1 Å². The van der Waals surface area contributed by atoms with E-state index in [1.54, 1.807) is 0 Å². The second kappa shape index (κ2) is 4.40. The van der Waals surface area contributed by atoms with E-state index < -0.39 is 0 Å². The summed E-state index contributed by atoms with van der Waals surface area (Å²) in [7, 11) is 0. The van der Waals surface area contributed by atoms with E-state index in [1.807, 2.05) is 31.2 Å². The Labute approximate surface area is 102 Å². The smallest absolute Gasteiger partial charge is 0.227 e. The average molecular weight is 232 g/mol. The summed E-state index contributed by atoms with van der Waals surface area (Å²) in [5.74, 6) is -0.0513. The molecule has 1 amide bonds. The number of carbonyl (C=O) groups excluding carboxylic acids is 1. The van der Waals surface area contributed by atoms with Crippen molar-refractivity contribution in [3.63, 3.8) is 0 Å². The fourth-order valence-electron chi connectivity index (χ4n) is 1.82. The average Bonchev–Trinajstić information content (AvgIpc) is 3.04. The number of hydrogen-bond donors (Lipinski definition) is 2. The van der Waals surface area contributed by atoms with Crippen LogP contribution in [0.5, 0.6) is 0 Å². The SMILES string of the molecule is CC(C(=O)NCC1(C)CC1)c1cccc(N)c1. The van der Waals surface area contributed by atoms with Gasteiger partial charge >= 0.3 is 0 Å². The van der Waals surface area contributed by atoms with E-state index in [2.05, 4.69) is 12.2 Å². The van der Waals surface area contributed by atoms with Gasteiger partial charge in [-0.3, -0.25) is 4.79 Å². The number of nitrogens with two attached hydrogens (primary N) is 1.